The summed E-state index contributed by atoms with van der Waals surface area (Å²) in [5.74, 6) is -6.55. The van der Waals surface area contributed by atoms with Gasteiger partial charge in [-0.3, -0.25) is 14.4 Å². The zero-order valence-electron chi connectivity index (χ0n) is 21.0. The fourth-order valence-corrected chi connectivity index (χ4v) is 4.12. The Bertz CT molecular complexity index is 1520. The highest BCUT2D eigenvalue weighted by atomic mass is 127. The minimum atomic E-state index is -4.12. The van der Waals surface area contributed by atoms with E-state index in [1.165, 1.54) is 12.1 Å². The lowest BCUT2D eigenvalue weighted by Crippen LogP contribution is -2.34. The molecular weight excluding hydrogens is 657 g/mol. The van der Waals surface area contributed by atoms with Gasteiger partial charge in [-0.15, -0.1) is 0 Å². The molecule has 2 aromatic carbocycles. The predicted octanol–water partition coefficient (Wildman–Crippen LogP) is 4.91. The molecule has 39 heavy (non-hydrogen) atoms. The molecule has 0 bridgehead atoms. The number of halogens is 5. The Morgan fingerprint density at radius 2 is 1.72 bits per heavy atom. The van der Waals surface area contributed by atoms with Crippen LogP contribution in [0.5, 0.6) is 0 Å². The second-order valence-electron chi connectivity index (χ2n) is 9.10. The van der Waals surface area contributed by atoms with Gasteiger partial charge in [0.1, 0.15) is 5.82 Å². The number of amides is 1. The van der Waals surface area contributed by atoms with E-state index in [2.05, 4.69) is 15.8 Å². The van der Waals surface area contributed by atoms with E-state index >= 15 is 13.2 Å². The van der Waals surface area contributed by atoms with Crippen molar-refractivity contribution in [3.8, 4) is 0 Å². The average molecular weight is 681 g/mol. The number of carbonyl (C=O) groups excluding carboxylic acids is 1. The number of anilines is 3. The van der Waals surface area contributed by atoms with Crippen LogP contribution in [0.15, 0.2) is 36.5 Å². The molecule has 0 saturated carbocycles. The van der Waals surface area contributed by atoms with Gasteiger partial charge >= 0.3 is 0 Å². The second-order valence-corrected chi connectivity index (χ2v) is 12.0. The number of carbonyl (C=O) groups is 1. The molecular formula is C24H24F4IN5O4S. The van der Waals surface area contributed by atoms with Crippen molar-refractivity contribution in [3.63, 3.8) is 0 Å². The first-order valence-electron chi connectivity index (χ1n) is 11.2. The van der Waals surface area contributed by atoms with Crippen molar-refractivity contribution >= 4 is 55.9 Å². The molecule has 0 saturated heterocycles. The maximum atomic E-state index is 15.4. The molecule has 0 aliphatic carbocycles. The van der Waals surface area contributed by atoms with Gasteiger partial charge in [-0.25, -0.2) is 32.7 Å². The smallest absolute Gasteiger partial charge is 0.300 e. The zero-order chi connectivity index (χ0) is 29.1. The van der Waals surface area contributed by atoms with E-state index in [0.29, 0.717) is 3.57 Å². The highest BCUT2D eigenvalue weighted by Crippen LogP contribution is 2.32. The normalized spacial score (nSPS) is 11.8. The van der Waals surface area contributed by atoms with Crippen molar-refractivity contribution < 1.29 is 35.6 Å². The summed E-state index contributed by atoms with van der Waals surface area (Å²) in [5.41, 5.74) is -0.761. The maximum Gasteiger partial charge on any atom is 0.300 e. The first kappa shape index (κ1) is 30.5. The highest BCUT2D eigenvalue weighted by molar-refractivity contribution is 14.1. The third-order valence-corrected chi connectivity index (χ3v) is 6.69. The molecule has 0 atom stereocenters. The van der Waals surface area contributed by atoms with Gasteiger partial charge in [-0.1, -0.05) is 0 Å². The van der Waals surface area contributed by atoms with E-state index in [9.17, 15) is 17.6 Å². The number of benzene rings is 2. The van der Waals surface area contributed by atoms with Gasteiger partial charge in [0.15, 0.2) is 23.3 Å². The van der Waals surface area contributed by atoms with Crippen LogP contribution >= 0.6 is 22.6 Å². The largest absolute Gasteiger partial charge is 0.350 e. The topological polar surface area (TPSA) is 121 Å². The summed E-state index contributed by atoms with van der Waals surface area (Å²) in [4.78, 5) is 21.9. The van der Waals surface area contributed by atoms with E-state index in [1.54, 1.807) is 20.8 Å². The van der Waals surface area contributed by atoms with Crippen LogP contribution in [0.2, 0.25) is 0 Å². The first-order valence-corrected chi connectivity index (χ1v) is 13.7. The Kier molecular flexibility index (Phi) is 9.40. The number of pyridine rings is 1. The number of hydrogen-bond donors (Lipinski definition) is 4. The number of hydrogen-bond acceptors (Lipinski definition) is 6. The van der Waals surface area contributed by atoms with Crippen molar-refractivity contribution in [1.82, 2.24) is 15.2 Å². The Balaban J connectivity index is 2.09. The minimum absolute atomic E-state index is 0.228. The summed E-state index contributed by atoms with van der Waals surface area (Å²) >= 11 is 1.87. The number of rotatable bonds is 9. The summed E-state index contributed by atoms with van der Waals surface area (Å²) < 4.78 is 88.0. The van der Waals surface area contributed by atoms with Crippen molar-refractivity contribution in [3.05, 3.63) is 80.1 Å². The van der Waals surface area contributed by atoms with Gasteiger partial charge in [0.25, 0.3) is 16.1 Å². The standard InChI is InChI=1S/C24H24F4IN5O4S/c1-24(2,3)38-33-23(35)15-10-13(9-12-7-8-31-22(19(12)27)34-39(36,37)30-4)18(26)20(28)21(15)32-17-6-5-14(29)11-16(17)25/h5-8,10-11,30,32H,9H2,1-4H3,(H,31,34)(H,33,35). The fourth-order valence-electron chi connectivity index (χ4n) is 3.16. The Labute approximate surface area is 236 Å². The van der Waals surface area contributed by atoms with E-state index in [-0.39, 0.29) is 11.3 Å². The molecule has 210 valence electrons. The number of nitrogens with zero attached hydrogens (tertiary/aromatic N) is 1. The van der Waals surface area contributed by atoms with Crippen LogP contribution in [0.25, 0.3) is 0 Å². The average Bonchev–Trinajstić information content (AvgIpc) is 2.85. The van der Waals surface area contributed by atoms with Crippen LogP contribution in [-0.4, -0.2) is 32.0 Å². The van der Waals surface area contributed by atoms with Gasteiger partial charge < -0.3 is 5.32 Å². The number of aromatic nitrogens is 1. The quantitative estimate of drug-likeness (QED) is 0.145. The molecule has 3 rings (SSSR count). The molecule has 0 fully saturated rings. The zero-order valence-corrected chi connectivity index (χ0v) is 24.0. The van der Waals surface area contributed by atoms with Crippen LogP contribution in [0, 0.1) is 26.8 Å². The summed E-state index contributed by atoms with van der Waals surface area (Å²) in [6.07, 6.45) is 0.477. The highest BCUT2D eigenvalue weighted by Gasteiger charge is 2.26. The van der Waals surface area contributed by atoms with E-state index in [4.69, 9.17) is 4.84 Å². The van der Waals surface area contributed by atoms with Gasteiger partial charge in [-0.2, -0.15) is 8.42 Å². The van der Waals surface area contributed by atoms with E-state index in [0.717, 1.165) is 31.4 Å². The molecule has 0 aliphatic rings. The molecule has 4 N–H and O–H groups in total. The molecule has 15 heteroatoms. The van der Waals surface area contributed by atoms with E-state index < -0.39 is 74.0 Å². The van der Waals surface area contributed by atoms with Gasteiger partial charge in [-0.05, 0) is 84.8 Å². The lowest BCUT2D eigenvalue weighted by Gasteiger charge is -2.21. The van der Waals surface area contributed by atoms with Crippen LogP contribution in [0.1, 0.15) is 42.3 Å². The summed E-state index contributed by atoms with van der Waals surface area (Å²) in [7, 11) is -3.03. The van der Waals surface area contributed by atoms with Crippen LogP contribution < -0.4 is 20.2 Å². The molecule has 1 aromatic heterocycles. The lowest BCUT2D eigenvalue weighted by molar-refractivity contribution is -0.0589. The first-order chi connectivity index (χ1) is 18.1. The SMILES string of the molecule is CNS(=O)(=O)Nc1nccc(Cc2cc(C(=O)NOC(C)(C)C)c(Nc3ccc(I)cc3F)c(F)c2F)c1F. The molecule has 0 radical (unpaired) electrons. The van der Waals surface area contributed by atoms with Crippen molar-refractivity contribution in [1.29, 1.82) is 0 Å². The third-order valence-electron chi connectivity index (χ3n) is 5.02. The van der Waals surface area contributed by atoms with Gasteiger partial charge in [0.2, 0.25) is 0 Å². The molecule has 9 nitrogen and oxygen atoms in total. The second kappa shape index (κ2) is 12.0. The predicted molar refractivity (Wildman–Crippen MR) is 146 cm³/mol. The van der Waals surface area contributed by atoms with Gasteiger partial charge in [0.05, 0.1) is 22.5 Å². The summed E-state index contributed by atoms with van der Waals surface area (Å²) in [6, 6.07) is 6.06. The van der Waals surface area contributed by atoms with Crippen molar-refractivity contribution in [2.75, 3.05) is 17.1 Å². The summed E-state index contributed by atoms with van der Waals surface area (Å²) in [6.45, 7) is 4.91. The number of nitrogens with one attached hydrogen (secondary N) is 4. The lowest BCUT2D eigenvalue weighted by atomic mass is 9.99. The molecule has 0 unspecified atom stereocenters. The Morgan fingerprint density at radius 1 is 1.03 bits per heavy atom. The van der Waals surface area contributed by atoms with Crippen molar-refractivity contribution in [2.24, 2.45) is 0 Å². The van der Waals surface area contributed by atoms with Crippen LogP contribution in [0.3, 0.4) is 0 Å². The molecule has 1 heterocycles. The van der Waals surface area contributed by atoms with Crippen LogP contribution in [0.4, 0.5) is 34.8 Å². The Morgan fingerprint density at radius 3 is 2.33 bits per heavy atom. The molecule has 3 aromatic rings. The van der Waals surface area contributed by atoms with Gasteiger partial charge in [0, 0.05) is 23.2 Å². The molecule has 0 spiro atoms. The van der Waals surface area contributed by atoms with Crippen LogP contribution in [-0.2, 0) is 21.5 Å². The fraction of sp³-hybridized carbons (Fsp3) is 0.250. The van der Waals surface area contributed by atoms with E-state index in [1.807, 2.05) is 32.0 Å². The summed E-state index contributed by atoms with van der Waals surface area (Å²) in [5, 5.41) is 2.42. The maximum absolute atomic E-state index is 15.4. The molecule has 0 aliphatic heterocycles. The Hall–Kier alpha value is -3.02. The third kappa shape index (κ3) is 7.77. The molecule has 1 amide bonds. The van der Waals surface area contributed by atoms with Crippen molar-refractivity contribution in [2.45, 2.75) is 32.8 Å². The monoisotopic (exact) mass is 681 g/mol. The minimum Gasteiger partial charge on any atom is -0.350 e. The number of hydroxylamine groups is 1.